The quantitative estimate of drug-likeness (QED) is 0.866. The molecule has 0 aliphatic heterocycles. The van der Waals surface area contributed by atoms with Crippen molar-refractivity contribution in [1.82, 2.24) is 14.8 Å². The molecular weight excluding hydrogens is 224 g/mol. The highest BCUT2D eigenvalue weighted by Crippen LogP contribution is 2.24. The van der Waals surface area contributed by atoms with Crippen molar-refractivity contribution in [3.8, 4) is 0 Å². The number of aromatic nitrogens is 3. The number of rotatable bonds is 2. The van der Waals surface area contributed by atoms with Crippen molar-refractivity contribution in [2.24, 2.45) is 12.8 Å². The van der Waals surface area contributed by atoms with E-state index >= 15 is 0 Å². The topological polar surface area (TPSA) is 56.7 Å². The molecule has 4 nitrogen and oxygen atoms in total. The number of pyridine rings is 1. The van der Waals surface area contributed by atoms with Gasteiger partial charge in [-0.3, -0.25) is 9.67 Å². The molecule has 0 aliphatic carbocycles. The maximum atomic E-state index is 6.12. The Labute approximate surface area is 99.1 Å². The van der Waals surface area contributed by atoms with Crippen LogP contribution in [0, 0.1) is 6.92 Å². The molecule has 0 aromatic carbocycles. The van der Waals surface area contributed by atoms with Gasteiger partial charge < -0.3 is 5.73 Å². The second-order valence-corrected chi connectivity index (χ2v) is 4.09. The molecule has 16 heavy (non-hydrogen) atoms. The minimum atomic E-state index is -0.347. The van der Waals surface area contributed by atoms with Crippen LogP contribution in [0.25, 0.3) is 0 Å². The number of hydrogen-bond acceptors (Lipinski definition) is 3. The molecule has 5 heteroatoms. The fourth-order valence-electron chi connectivity index (χ4n) is 1.65. The van der Waals surface area contributed by atoms with Crippen LogP contribution in [0.1, 0.15) is 23.1 Å². The molecule has 2 aromatic heterocycles. The zero-order valence-corrected chi connectivity index (χ0v) is 9.94. The van der Waals surface area contributed by atoms with Crippen molar-refractivity contribution in [3.05, 3.63) is 46.5 Å². The molecule has 1 unspecified atom stereocenters. The van der Waals surface area contributed by atoms with Gasteiger partial charge in [-0.25, -0.2) is 0 Å². The third-order valence-electron chi connectivity index (χ3n) is 2.46. The molecule has 0 bridgehead atoms. The second-order valence-electron chi connectivity index (χ2n) is 3.68. The standard InChI is InChI=1S/C11H13ClN4/c1-7-4-3-5-9(15-7)10(13)11-8(12)6-14-16(11)2/h3-6,10H,13H2,1-2H3. The van der Waals surface area contributed by atoms with Crippen molar-refractivity contribution in [3.63, 3.8) is 0 Å². The molecule has 0 radical (unpaired) electrons. The van der Waals surface area contributed by atoms with E-state index in [1.54, 1.807) is 10.9 Å². The van der Waals surface area contributed by atoms with Crippen LogP contribution in [0.5, 0.6) is 0 Å². The smallest absolute Gasteiger partial charge is 0.0912 e. The van der Waals surface area contributed by atoms with Crippen molar-refractivity contribution < 1.29 is 0 Å². The van der Waals surface area contributed by atoms with Crippen LogP contribution in [0.2, 0.25) is 5.02 Å². The van der Waals surface area contributed by atoms with E-state index in [1.165, 1.54) is 0 Å². The third kappa shape index (κ3) is 1.94. The van der Waals surface area contributed by atoms with Gasteiger partial charge in [0.1, 0.15) is 0 Å². The van der Waals surface area contributed by atoms with Gasteiger partial charge in [0.15, 0.2) is 0 Å². The molecule has 2 aromatic rings. The predicted molar refractivity (Wildman–Crippen MR) is 63.2 cm³/mol. The van der Waals surface area contributed by atoms with Crippen molar-refractivity contribution in [2.45, 2.75) is 13.0 Å². The Morgan fingerprint density at radius 3 is 2.75 bits per heavy atom. The maximum absolute atomic E-state index is 6.12. The SMILES string of the molecule is Cc1cccc(C(N)c2c(Cl)cnn2C)n1. The van der Waals surface area contributed by atoms with Crippen LogP contribution in [0.3, 0.4) is 0 Å². The summed E-state index contributed by atoms with van der Waals surface area (Å²) < 4.78 is 1.68. The summed E-state index contributed by atoms with van der Waals surface area (Å²) in [6.45, 7) is 1.93. The van der Waals surface area contributed by atoms with Gasteiger partial charge in [-0.1, -0.05) is 17.7 Å². The number of nitrogens with two attached hydrogens (primary N) is 1. The van der Waals surface area contributed by atoms with Gasteiger partial charge in [0.05, 0.1) is 28.6 Å². The molecule has 84 valence electrons. The molecule has 0 aliphatic rings. The van der Waals surface area contributed by atoms with Crippen LogP contribution in [0.15, 0.2) is 24.4 Å². The molecule has 0 fully saturated rings. The Bertz CT molecular complexity index is 487. The van der Waals surface area contributed by atoms with Crippen molar-refractivity contribution in [1.29, 1.82) is 0 Å². The van der Waals surface area contributed by atoms with Crippen LogP contribution < -0.4 is 5.73 Å². The zero-order valence-electron chi connectivity index (χ0n) is 9.18. The van der Waals surface area contributed by atoms with Crippen LogP contribution in [0.4, 0.5) is 0 Å². The van der Waals surface area contributed by atoms with E-state index in [9.17, 15) is 0 Å². The predicted octanol–water partition coefficient (Wildman–Crippen LogP) is 1.83. The molecule has 0 saturated carbocycles. The third-order valence-corrected chi connectivity index (χ3v) is 2.75. The number of halogens is 1. The summed E-state index contributed by atoms with van der Waals surface area (Å²) in [4.78, 5) is 4.39. The summed E-state index contributed by atoms with van der Waals surface area (Å²) in [5, 5.41) is 4.63. The number of nitrogens with zero attached hydrogens (tertiary/aromatic N) is 3. The van der Waals surface area contributed by atoms with E-state index in [4.69, 9.17) is 17.3 Å². The lowest BCUT2D eigenvalue weighted by Crippen LogP contribution is -2.17. The highest BCUT2D eigenvalue weighted by Gasteiger charge is 2.17. The highest BCUT2D eigenvalue weighted by atomic mass is 35.5. The lowest BCUT2D eigenvalue weighted by molar-refractivity contribution is 0.663. The second kappa shape index (κ2) is 4.23. The lowest BCUT2D eigenvalue weighted by atomic mass is 10.1. The number of aryl methyl sites for hydroxylation is 2. The van der Waals surface area contributed by atoms with Crippen molar-refractivity contribution >= 4 is 11.6 Å². The van der Waals surface area contributed by atoms with Gasteiger partial charge in [-0.05, 0) is 19.1 Å². The fourth-order valence-corrected chi connectivity index (χ4v) is 1.93. The van der Waals surface area contributed by atoms with Gasteiger partial charge in [0.25, 0.3) is 0 Å². The Hall–Kier alpha value is -1.39. The Morgan fingerprint density at radius 2 is 2.19 bits per heavy atom. The normalized spacial score (nSPS) is 12.8. The van der Waals surface area contributed by atoms with Crippen LogP contribution in [-0.2, 0) is 7.05 Å². The first kappa shape index (κ1) is 11.1. The van der Waals surface area contributed by atoms with Crippen LogP contribution in [-0.4, -0.2) is 14.8 Å². The van der Waals surface area contributed by atoms with E-state index in [1.807, 2.05) is 32.2 Å². The summed E-state index contributed by atoms with van der Waals surface area (Å²) in [5.41, 5.74) is 8.63. The average molecular weight is 237 g/mol. The molecular formula is C11H13ClN4. The number of hydrogen-bond donors (Lipinski definition) is 1. The van der Waals surface area contributed by atoms with E-state index < -0.39 is 0 Å². The first-order chi connectivity index (χ1) is 7.59. The minimum absolute atomic E-state index is 0.347. The van der Waals surface area contributed by atoms with E-state index in [0.29, 0.717) is 5.02 Å². The van der Waals surface area contributed by atoms with Gasteiger partial charge in [-0.15, -0.1) is 0 Å². The highest BCUT2D eigenvalue weighted by molar-refractivity contribution is 6.31. The summed E-state index contributed by atoms with van der Waals surface area (Å²) in [6, 6.07) is 5.41. The molecule has 0 saturated heterocycles. The average Bonchev–Trinajstić information content (AvgIpc) is 2.58. The zero-order chi connectivity index (χ0) is 11.7. The van der Waals surface area contributed by atoms with Crippen molar-refractivity contribution in [2.75, 3.05) is 0 Å². The Kier molecular flexibility index (Phi) is 2.94. The van der Waals surface area contributed by atoms with E-state index in [0.717, 1.165) is 17.1 Å². The summed E-state index contributed by atoms with van der Waals surface area (Å²) in [5.74, 6) is 0. The largest absolute Gasteiger partial charge is 0.318 e. The molecule has 0 amide bonds. The summed E-state index contributed by atoms with van der Waals surface area (Å²) in [7, 11) is 1.82. The first-order valence-corrected chi connectivity index (χ1v) is 5.34. The maximum Gasteiger partial charge on any atom is 0.0912 e. The first-order valence-electron chi connectivity index (χ1n) is 4.96. The lowest BCUT2D eigenvalue weighted by Gasteiger charge is -2.12. The van der Waals surface area contributed by atoms with E-state index in [2.05, 4.69) is 10.1 Å². The monoisotopic (exact) mass is 236 g/mol. The summed E-state index contributed by atoms with van der Waals surface area (Å²) >= 11 is 6.04. The molecule has 1 atom stereocenters. The van der Waals surface area contributed by atoms with Gasteiger partial charge in [-0.2, -0.15) is 5.10 Å². The molecule has 0 spiro atoms. The summed E-state index contributed by atoms with van der Waals surface area (Å²) in [6.07, 6.45) is 1.59. The van der Waals surface area contributed by atoms with Gasteiger partial charge in [0.2, 0.25) is 0 Å². The Morgan fingerprint density at radius 1 is 1.44 bits per heavy atom. The Balaban J connectivity index is 2.43. The van der Waals surface area contributed by atoms with Gasteiger partial charge >= 0.3 is 0 Å². The van der Waals surface area contributed by atoms with Gasteiger partial charge in [0, 0.05) is 12.7 Å². The van der Waals surface area contributed by atoms with E-state index in [-0.39, 0.29) is 6.04 Å². The fraction of sp³-hybridized carbons (Fsp3) is 0.273. The van der Waals surface area contributed by atoms with Crippen LogP contribution >= 0.6 is 11.6 Å². The molecule has 2 N–H and O–H groups in total. The minimum Gasteiger partial charge on any atom is -0.318 e. The molecule has 2 heterocycles. The molecule has 2 rings (SSSR count).